The number of para-hydroxylation sites is 1. The van der Waals surface area contributed by atoms with E-state index < -0.39 is 0 Å². The van der Waals surface area contributed by atoms with Crippen LogP contribution in [-0.4, -0.2) is 4.98 Å². The van der Waals surface area contributed by atoms with E-state index in [9.17, 15) is 4.39 Å². The van der Waals surface area contributed by atoms with Crippen molar-refractivity contribution in [3.63, 3.8) is 0 Å². The highest BCUT2D eigenvalue weighted by molar-refractivity contribution is 7.18. The Labute approximate surface area is 77.8 Å². The van der Waals surface area contributed by atoms with Crippen LogP contribution in [0.1, 0.15) is 5.01 Å². The molecule has 1 heterocycles. The molecule has 2 aromatic rings. The Balaban J connectivity index is 2.74. The average molecular weight is 202 g/mol. The molecule has 0 amide bonds. The van der Waals surface area contributed by atoms with Crippen LogP contribution in [-0.2, 0) is 5.88 Å². The van der Waals surface area contributed by atoms with Gasteiger partial charge in [0.15, 0.2) is 0 Å². The first-order chi connectivity index (χ1) is 5.81. The van der Waals surface area contributed by atoms with Gasteiger partial charge in [-0.25, -0.2) is 9.37 Å². The molecule has 0 saturated heterocycles. The molecule has 12 heavy (non-hydrogen) atoms. The summed E-state index contributed by atoms with van der Waals surface area (Å²) in [7, 11) is 0. The van der Waals surface area contributed by atoms with Gasteiger partial charge in [0.05, 0.1) is 10.6 Å². The molecule has 1 nitrogen and oxygen atoms in total. The van der Waals surface area contributed by atoms with Gasteiger partial charge >= 0.3 is 0 Å². The van der Waals surface area contributed by atoms with Gasteiger partial charge in [-0.2, -0.15) is 0 Å². The first-order valence-corrected chi connectivity index (χ1v) is 4.76. The first-order valence-electron chi connectivity index (χ1n) is 3.41. The summed E-state index contributed by atoms with van der Waals surface area (Å²) in [5.41, 5.74) is 0.429. The summed E-state index contributed by atoms with van der Waals surface area (Å²) in [5.74, 6) is 0.0683. The summed E-state index contributed by atoms with van der Waals surface area (Å²) in [5, 5.41) is 0.761. The summed E-state index contributed by atoms with van der Waals surface area (Å²) in [6.07, 6.45) is 0. The number of rotatable bonds is 1. The van der Waals surface area contributed by atoms with Gasteiger partial charge in [0, 0.05) is 0 Å². The van der Waals surface area contributed by atoms with Gasteiger partial charge in [0.2, 0.25) is 0 Å². The van der Waals surface area contributed by atoms with Crippen LogP contribution in [0, 0.1) is 5.82 Å². The van der Waals surface area contributed by atoms with Gasteiger partial charge < -0.3 is 0 Å². The van der Waals surface area contributed by atoms with Crippen molar-refractivity contribution in [2.24, 2.45) is 0 Å². The molecular weight excluding hydrogens is 197 g/mol. The van der Waals surface area contributed by atoms with Crippen molar-refractivity contribution in [2.45, 2.75) is 5.88 Å². The molecule has 0 fully saturated rings. The maximum Gasteiger partial charge on any atom is 0.150 e. The Bertz CT molecular complexity index is 412. The van der Waals surface area contributed by atoms with E-state index in [0.717, 1.165) is 9.71 Å². The van der Waals surface area contributed by atoms with Gasteiger partial charge in [-0.15, -0.1) is 22.9 Å². The zero-order valence-corrected chi connectivity index (χ0v) is 7.62. The molecular formula is C8H5ClFNS. The lowest BCUT2D eigenvalue weighted by molar-refractivity contribution is 0.637. The van der Waals surface area contributed by atoms with Crippen molar-refractivity contribution in [2.75, 3.05) is 0 Å². The van der Waals surface area contributed by atoms with E-state index in [4.69, 9.17) is 11.6 Å². The van der Waals surface area contributed by atoms with Gasteiger partial charge in [0.25, 0.3) is 0 Å². The Morgan fingerprint density at radius 3 is 3.00 bits per heavy atom. The largest absolute Gasteiger partial charge is 0.237 e. The maximum absolute atomic E-state index is 13.0. The Kier molecular flexibility index (Phi) is 1.98. The van der Waals surface area contributed by atoms with Crippen LogP contribution in [0.4, 0.5) is 4.39 Å². The van der Waals surface area contributed by atoms with Crippen molar-refractivity contribution in [1.82, 2.24) is 4.98 Å². The SMILES string of the molecule is Fc1cccc2sc(CCl)nc12. The maximum atomic E-state index is 13.0. The zero-order valence-electron chi connectivity index (χ0n) is 6.05. The highest BCUT2D eigenvalue weighted by Gasteiger charge is 2.05. The highest BCUT2D eigenvalue weighted by atomic mass is 35.5. The Morgan fingerprint density at radius 2 is 2.33 bits per heavy atom. The Morgan fingerprint density at radius 1 is 1.50 bits per heavy atom. The van der Waals surface area contributed by atoms with Crippen molar-refractivity contribution >= 4 is 33.2 Å². The number of hydrogen-bond acceptors (Lipinski definition) is 2. The molecule has 1 aromatic heterocycles. The number of halogens is 2. The number of nitrogens with zero attached hydrogens (tertiary/aromatic N) is 1. The van der Waals surface area contributed by atoms with Crippen molar-refractivity contribution in [3.8, 4) is 0 Å². The molecule has 0 aliphatic rings. The minimum atomic E-state index is -0.278. The molecule has 0 atom stereocenters. The van der Waals surface area contributed by atoms with Crippen LogP contribution in [0.3, 0.4) is 0 Å². The van der Waals surface area contributed by atoms with E-state index in [0.29, 0.717) is 11.4 Å². The fraction of sp³-hybridized carbons (Fsp3) is 0.125. The average Bonchev–Trinajstić information content (AvgIpc) is 2.49. The lowest BCUT2D eigenvalue weighted by Gasteiger charge is -1.86. The van der Waals surface area contributed by atoms with E-state index in [2.05, 4.69) is 4.98 Å². The highest BCUT2D eigenvalue weighted by Crippen LogP contribution is 2.24. The van der Waals surface area contributed by atoms with Crippen molar-refractivity contribution in [1.29, 1.82) is 0 Å². The normalized spacial score (nSPS) is 10.8. The Hall–Kier alpha value is -0.670. The quantitative estimate of drug-likeness (QED) is 0.646. The monoisotopic (exact) mass is 201 g/mol. The predicted octanol–water partition coefficient (Wildman–Crippen LogP) is 3.17. The molecule has 4 heteroatoms. The lowest BCUT2D eigenvalue weighted by Crippen LogP contribution is -1.77. The topological polar surface area (TPSA) is 12.9 Å². The van der Waals surface area contributed by atoms with Crippen LogP contribution in [0.15, 0.2) is 18.2 Å². The fourth-order valence-corrected chi connectivity index (χ4v) is 2.07. The molecule has 0 saturated carbocycles. The van der Waals surface area contributed by atoms with E-state index >= 15 is 0 Å². The van der Waals surface area contributed by atoms with Crippen LogP contribution in [0.25, 0.3) is 10.2 Å². The van der Waals surface area contributed by atoms with Crippen LogP contribution >= 0.6 is 22.9 Å². The molecule has 0 N–H and O–H groups in total. The standard InChI is InChI=1S/C8H5ClFNS/c9-4-7-11-8-5(10)2-1-3-6(8)12-7/h1-3H,4H2. The molecule has 0 unspecified atom stereocenters. The number of fused-ring (bicyclic) bond motifs is 1. The molecule has 0 radical (unpaired) electrons. The van der Waals surface area contributed by atoms with Crippen molar-refractivity contribution in [3.05, 3.63) is 29.0 Å². The second kappa shape index (κ2) is 2.99. The van der Waals surface area contributed by atoms with E-state index in [1.54, 1.807) is 6.07 Å². The molecule has 2 rings (SSSR count). The van der Waals surface area contributed by atoms with Crippen molar-refractivity contribution < 1.29 is 4.39 Å². The van der Waals surface area contributed by atoms with Crippen LogP contribution in [0.2, 0.25) is 0 Å². The molecule has 1 aromatic carbocycles. The van der Waals surface area contributed by atoms with Gasteiger partial charge in [-0.05, 0) is 12.1 Å². The second-order valence-corrected chi connectivity index (χ2v) is 3.71. The van der Waals surface area contributed by atoms with E-state index in [-0.39, 0.29) is 5.82 Å². The smallest absolute Gasteiger partial charge is 0.150 e. The van der Waals surface area contributed by atoms with Gasteiger partial charge in [-0.1, -0.05) is 6.07 Å². The molecule has 0 aliphatic heterocycles. The number of aromatic nitrogens is 1. The summed E-state index contributed by atoms with van der Waals surface area (Å²) in [6, 6.07) is 4.92. The molecule has 0 bridgehead atoms. The van der Waals surface area contributed by atoms with E-state index in [1.165, 1.54) is 17.4 Å². The predicted molar refractivity (Wildman–Crippen MR) is 49.1 cm³/mol. The van der Waals surface area contributed by atoms with E-state index in [1.807, 2.05) is 6.07 Å². The minimum Gasteiger partial charge on any atom is -0.237 e. The third kappa shape index (κ3) is 1.19. The zero-order chi connectivity index (χ0) is 8.55. The first kappa shape index (κ1) is 7.95. The van der Waals surface area contributed by atoms with Crippen LogP contribution < -0.4 is 0 Å². The minimum absolute atomic E-state index is 0.278. The molecule has 62 valence electrons. The van der Waals surface area contributed by atoms with Crippen LogP contribution in [0.5, 0.6) is 0 Å². The third-order valence-corrected chi connectivity index (χ3v) is 2.96. The van der Waals surface area contributed by atoms with Gasteiger partial charge in [-0.3, -0.25) is 0 Å². The summed E-state index contributed by atoms with van der Waals surface area (Å²) >= 11 is 7.00. The number of alkyl halides is 1. The molecule has 0 spiro atoms. The third-order valence-electron chi connectivity index (χ3n) is 1.53. The summed E-state index contributed by atoms with van der Waals surface area (Å²) in [6.45, 7) is 0. The molecule has 0 aliphatic carbocycles. The second-order valence-electron chi connectivity index (χ2n) is 2.33. The number of thiazole rings is 1. The summed E-state index contributed by atoms with van der Waals surface area (Å²) in [4.78, 5) is 4.04. The number of hydrogen-bond donors (Lipinski definition) is 0. The summed E-state index contributed by atoms with van der Waals surface area (Å²) < 4.78 is 13.9. The van der Waals surface area contributed by atoms with Gasteiger partial charge in [0.1, 0.15) is 16.3 Å². The lowest BCUT2D eigenvalue weighted by atomic mass is 10.3. The number of benzene rings is 1. The fourth-order valence-electron chi connectivity index (χ4n) is 1.02.